The highest BCUT2D eigenvalue weighted by Crippen LogP contribution is 2.36. The van der Waals surface area contributed by atoms with Crippen molar-refractivity contribution < 1.29 is 9.31 Å². The molecule has 0 aromatic heterocycles. The van der Waals surface area contributed by atoms with Gasteiger partial charge in [-0.15, -0.1) is 0 Å². The highest BCUT2D eigenvalue weighted by Gasteiger charge is 2.51. The Morgan fingerprint density at radius 1 is 0.897 bits per heavy atom. The van der Waals surface area contributed by atoms with E-state index in [1.165, 1.54) is 35.5 Å². The summed E-state index contributed by atoms with van der Waals surface area (Å²) in [5.74, 6) is 2.17. The molecule has 0 radical (unpaired) electrons. The minimum atomic E-state index is -0.308. The molecular weight excluding hydrogens is 377 g/mol. The minimum Gasteiger partial charge on any atom is -0.399 e. The van der Waals surface area contributed by atoms with Crippen molar-refractivity contribution in [2.75, 3.05) is 25.1 Å². The molecule has 0 amide bonds. The van der Waals surface area contributed by atoms with Crippen molar-refractivity contribution in [3.63, 3.8) is 0 Å². The summed E-state index contributed by atoms with van der Waals surface area (Å²) in [5.41, 5.74) is 4.32. The Morgan fingerprint density at radius 2 is 1.41 bits per heavy atom. The normalized spacial score (nSPS) is 21.3. The Morgan fingerprint density at radius 3 is 1.93 bits per heavy atom. The summed E-state index contributed by atoms with van der Waals surface area (Å²) in [6.07, 6.45) is 2.20. The molecule has 0 unspecified atom stereocenters. The summed E-state index contributed by atoms with van der Waals surface area (Å²) in [5, 5.41) is 0. The van der Waals surface area contributed by atoms with E-state index in [-0.39, 0.29) is 18.3 Å². The summed E-state index contributed by atoms with van der Waals surface area (Å²) in [4.78, 5) is 2.54. The van der Waals surface area contributed by atoms with E-state index < -0.39 is 0 Å². The molecule has 0 atom stereocenters. The van der Waals surface area contributed by atoms with Crippen LogP contribution in [0.5, 0.6) is 0 Å². The van der Waals surface area contributed by atoms with Crippen LogP contribution in [0, 0.1) is 5.92 Å². The average molecular weight is 409 g/mol. The van der Waals surface area contributed by atoms with E-state index in [1.54, 1.807) is 0 Å². The Kier molecular flexibility index (Phi) is 5.87. The van der Waals surface area contributed by atoms with Gasteiger partial charge in [-0.3, -0.25) is 4.90 Å². The van der Waals surface area contributed by atoms with Crippen LogP contribution in [0.2, 0.25) is 0 Å². The Hall–Kier alpha value is -1.27. The first-order valence-electron chi connectivity index (χ1n) is 10.5. The highest BCUT2D eigenvalue weighted by molar-refractivity contribution is 7.98. The van der Waals surface area contributed by atoms with Crippen molar-refractivity contribution in [2.45, 2.75) is 45.4 Å². The first kappa shape index (κ1) is 21.0. The Balaban J connectivity index is 1.37. The fourth-order valence-corrected chi connectivity index (χ4v) is 4.70. The molecule has 154 valence electrons. The molecule has 2 aromatic carbocycles. The molecular formula is C24H32BNO2S. The lowest BCUT2D eigenvalue weighted by atomic mass is 9.78. The third-order valence-electron chi connectivity index (χ3n) is 6.56. The number of benzene rings is 2. The molecule has 3 nitrogen and oxygen atoms in total. The van der Waals surface area contributed by atoms with Gasteiger partial charge in [0, 0.05) is 19.6 Å². The van der Waals surface area contributed by atoms with Crippen LogP contribution in [0.1, 0.15) is 33.3 Å². The molecule has 2 fully saturated rings. The maximum Gasteiger partial charge on any atom is 0.494 e. The van der Waals surface area contributed by atoms with Crippen molar-refractivity contribution >= 4 is 24.3 Å². The molecule has 2 aliphatic rings. The van der Waals surface area contributed by atoms with Gasteiger partial charge < -0.3 is 9.31 Å². The SMILES string of the molecule is CSCC1CN(Cc2ccc(-c3ccc(B4OC(C)(C)C(C)(C)O4)cc3)cc2)C1. The van der Waals surface area contributed by atoms with E-state index >= 15 is 0 Å². The average Bonchev–Trinajstić information content (AvgIpc) is 2.88. The van der Waals surface area contributed by atoms with Crippen molar-refractivity contribution in [3.8, 4) is 11.1 Å². The number of hydrogen-bond acceptors (Lipinski definition) is 4. The molecule has 29 heavy (non-hydrogen) atoms. The summed E-state index contributed by atoms with van der Waals surface area (Å²) >= 11 is 1.96. The zero-order valence-corrected chi connectivity index (χ0v) is 19.1. The smallest absolute Gasteiger partial charge is 0.399 e. The van der Waals surface area contributed by atoms with Crippen LogP contribution in [0.4, 0.5) is 0 Å². The maximum atomic E-state index is 6.16. The van der Waals surface area contributed by atoms with Gasteiger partial charge in [0.15, 0.2) is 0 Å². The quantitative estimate of drug-likeness (QED) is 0.658. The monoisotopic (exact) mass is 409 g/mol. The minimum absolute atomic E-state index is 0.303. The van der Waals surface area contributed by atoms with Crippen LogP contribution < -0.4 is 5.46 Å². The van der Waals surface area contributed by atoms with Gasteiger partial charge in [-0.2, -0.15) is 11.8 Å². The van der Waals surface area contributed by atoms with Crippen molar-refractivity contribution in [1.29, 1.82) is 0 Å². The van der Waals surface area contributed by atoms with Crippen LogP contribution in [0.3, 0.4) is 0 Å². The predicted octanol–water partition coefficient (Wildman–Crippen LogP) is 4.45. The molecule has 0 N–H and O–H groups in total. The van der Waals surface area contributed by atoms with E-state index in [9.17, 15) is 0 Å². The lowest BCUT2D eigenvalue weighted by molar-refractivity contribution is 0.00578. The fourth-order valence-electron chi connectivity index (χ4n) is 4.02. The largest absolute Gasteiger partial charge is 0.494 e. The van der Waals surface area contributed by atoms with Gasteiger partial charge in [-0.05, 0) is 67.8 Å². The molecule has 0 saturated carbocycles. The number of likely N-dealkylation sites (tertiary alicyclic amines) is 1. The van der Waals surface area contributed by atoms with Gasteiger partial charge in [0.05, 0.1) is 11.2 Å². The molecule has 2 saturated heterocycles. The number of nitrogens with zero attached hydrogens (tertiary/aromatic N) is 1. The van der Waals surface area contributed by atoms with Crippen LogP contribution in [0.25, 0.3) is 11.1 Å². The molecule has 2 aliphatic heterocycles. The second kappa shape index (κ2) is 8.11. The van der Waals surface area contributed by atoms with Crippen LogP contribution in [-0.4, -0.2) is 48.3 Å². The Bertz CT molecular complexity index is 813. The van der Waals surface area contributed by atoms with Gasteiger partial charge in [-0.1, -0.05) is 48.5 Å². The second-order valence-corrected chi connectivity index (χ2v) is 10.3. The lowest BCUT2D eigenvalue weighted by Gasteiger charge is -2.39. The van der Waals surface area contributed by atoms with Crippen molar-refractivity contribution in [1.82, 2.24) is 4.90 Å². The van der Waals surface area contributed by atoms with Crippen LogP contribution in [-0.2, 0) is 15.9 Å². The van der Waals surface area contributed by atoms with Gasteiger partial charge >= 0.3 is 7.12 Å². The maximum absolute atomic E-state index is 6.16. The molecule has 4 rings (SSSR count). The van der Waals surface area contributed by atoms with E-state index in [0.717, 1.165) is 17.9 Å². The number of thioether (sulfide) groups is 1. The first-order valence-corrected chi connectivity index (χ1v) is 11.9. The molecule has 0 aliphatic carbocycles. The zero-order valence-electron chi connectivity index (χ0n) is 18.3. The summed E-state index contributed by atoms with van der Waals surface area (Å²) in [6.45, 7) is 11.9. The van der Waals surface area contributed by atoms with Gasteiger partial charge in [0.25, 0.3) is 0 Å². The third kappa shape index (κ3) is 4.43. The number of hydrogen-bond donors (Lipinski definition) is 0. The summed E-state index contributed by atoms with van der Waals surface area (Å²) < 4.78 is 12.3. The zero-order chi connectivity index (χ0) is 20.6. The van der Waals surface area contributed by atoms with Gasteiger partial charge in [0.2, 0.25) is 0 Å². The Labute approximate surface area is 180 Å². The summed E-state index contributed by atoms with van der Waals surface area (Å²) in [7, 11) is -0.303. The van der Waals surface area contributed by atoms with E-state index in [1.807, 2.05) is 11.8 Å². The van der Waals surface area contributed by atoms with Crippen LogP contribution >= 0.6 is 11.8 Å². The lowest BCUT2D eigenvalue weighted by Crippen LogP contribution is -2.46. The fraction of sp³-hybridized carbons (Fsp3) is 0.500. The number of rotatable bonds is 6. The summed E-state index contributed by atoms with van der Waals surface area (Å²) in [6, 6.07) is 17.6. The molecule has 2 aromatic rings. The van der Waals surface area contributed by atoms with Crippen molar-refractivity contribution in [3.05, 3.63) is 54.1 Å². The molecule has 0 bridgehead atoms. The second-order valence-electron chi connectivity index (χ2n) is 9.42. The first-order chi connectivity index (χ1) is 13.8. The van der Waals surface area contributed by atoms with E-state index in [4.69, 9.17) is 9.31 Å². The predicted molar refractivity (Wildman–Crippen MR) is 125 cm³/mol. The van der Waals surface area contributed by atoms with Gasteiger partial charge in [0.1, 0.15) is 0 Å². The standard InChI is InChI=1S/C24H32BNO2S/c1-23(2)24(3,4)28-25(27-23)22-12-10-21(11-13-22)20-8-6-18(7-9-20)14-26-15-19(16-26)17-29-5/h6-13,19H,14-17H2,1-5H3. The third-order valence-corrected chi connectivity index (χ3v) is 7.37. The van der Waals surface area contributed by atoms with E-state index in [0.29, 0.717) is 0 Å². The molecule has 0 spiro atoms. The van der Waals surface area contributed by atoms with Crippen LogP contribution in [0.15, 0.2) is 48.5 Å². The highest BCUT2D eigenvalue weighted by atomic mass is 32.2. The van der Waals surface area contributed by atoms with Gasteiger partial charge in [-0.25, -0.2) is 0 Å². The molecule has 5 heteroatoms. The topological polar surface area (TPSA) is 21.7 Å². The molecule has 2 heterocycles. The van der Waals surface area contributed by atoms with Crippen molar-refractivity contribution in [2.24, 2.45) is 5.92 Å². The van der Waals surface area contributed by atoms with E-state index in [2.05, 4.69) is 87.4 Å².